The predicted molar refractivity (Wildman–Crippen MR) is 72.7 cm³/mol. The van der Waals surface area contributed by atoms with E-state index >= 15 is 0 Å². The third-order valence-electron chi connectivity index (χ3n) is 3.81. The number of fused-ring (bicyclic) bond motifs is 1. The third kappa shape index (κ3) is 2.83. The molecule has 4 nitrogen and oxygen atoms in total. The zero-order valence-corrected chi connectivity index (χ0v) is 11.4. The van der Waals surface area contributed by atoms with Crippen LogP contribution in [0.3, 0.4) is 0 Å². The van der Waals surface area contributed by atoms with Crippen LogP contribution in [0.25, 0.3) is 11.0 Å². The maximum Gasteiger partial charge on any atom is 0.449 e. The molecule has 1 saturated heterocycles. The number of nitrogen functional groups attached to an aromatic ring is 1. The Morgan fingerprint density at radius 2 is 2.19 bits per heavy atom. The van der Waals surface area contributed by atoms with Crippen molar-refractivity contribution in [1.29, 1.82) is 0 Å². The molecule has 3 rings (SSSR count). The summed E-state index contributed by atoms with van der Waals surface area (Å²) in [5, 5.41) is 0. The number of nitrogens with two attached hydrogens (primary N) is 1. The number of anilines is 1. The number of ether oxygens (including phenoxy) is 1. The van der Waals surface area contributed by atoms with Crippen LogP contribution in [-0.2, 0) is 17.5 Å². The first-order valence-electron chi connectivity index (χ1n) is 6.86. The van der Waals surface area contributed by atoms with Gasteiger partial charge < -0.3 is 15.0 Å². The van der Waals surface area contributed by atoms with Crippen molar-refractivity contribution in [1.82, 2.24) is 9.55 Å². The van der Waals surface area contributed by atoms with Crippen molar-refractivity contribution in [2.45, 2.75) is 25.6 Å². The number of hydrogen-bond donors (Lipinski definition) is 1. The van der Waals surface area contributed by atoms with Gasteiger partial charge in [0.1, 0.15) is 0 Å². The molecule has 1 aliphatic rings. The number of aromatic nitrogens is 2. The highest BCUT2D eigenvalue weighted by Crippen LogP contribution is 2.32. The number of alkyl halides is 3. The van der Waals surface area contributed by atoms with Gasteiger partial charge in [-0.05, 0) is 37.0 Å². The Morgan fingerprint density at radius 1 is 1.38 bits per heavy atom. The second kappa shape index (κ2) is 5.22. The van der Waals surface area contributed by atoms with Gasteiger partial charge in [-0.1, -0.05) is 0 Å². The van der Waals surface area contributed by atoms with Crippen molar-refractivity contribution >= 4 is 16.7 Å². The van der Waals surface area contributed by atoms with Crippen molar-refractivity contribution in [3.8, 4) is 0 Å². The smallest absolute Gasteiger partial charge is 0.399 e. The molecule has 1 fully saturated rings. The van der Waals surface area contributed by atoms with Crippen LogP contribution < -0.4 is 5.73 Å². The van der Waals surface area contributed by atoms with Crippen LogP contribution in [0.5, 0.6) is 0 Å². The molecule has 0 spiro atoms. The Morgan fingerprint density at radius 3 is 2.86 bits per heavy atom. The summed E-state index contributed by atoms with van der Waals surface area (Å²) in [4.78, 5) is 3.72. The lowest BCUT2D eigenvalue weighted by Gasteiger charge is -2.13. The average molecular weight is 299 g/mol. The molecule has 114 valence electrons. The van der Waals surface area contributed by atoms with E-state index in [0.717, 1.165) is 6.42 Å². The Balaban J connectivity index is 1.96. The van der Waals surface area contributed by atoms with Crippen molar-refractivity contribution < 1.29 is 17.9 Å². The van der Waals surface area contributed by atoms with Crippen LogP contribution in [0.15, 0.2) is 18.2 Å². The summed E-state index contributed by atoms with van der Waals surface area (Å²) in [7, 11) is 0. The Kier molecular flexibility index (Phi) is 3.52. The van der Waals surface area contributed by atoms with E-state index in [4.69, 9.17) is 10.5 Å². The molecule has 21 heavy (non-hydrogen) atoms. The molecular weight excluding hydrogens is 283 g/mol. The largest absolute Gasteiger partial charge is 0.449 e. The fraction of sp³-hybridized carbons (Fsp3) is 0.500. The van der Waals surface area contributed by atoms with Crippen molar-refractivity contribution in [3.63, 3.8) is 0 Å². The molecule has 2 heterocycles. The van der Waals surface area contributed by atoms with Crippen LogP contribution >= 0.6 is 0 Å². The zero-order chi connectivity index (χ0) is 15.0. The van der Waals surface area contributed by atoms with Gasteiger partial charge in [0.15, 0.2) is 0 Å². The van der Waals surface area contributed by atoms with Crippen LogP contribution in [0.1, 0.15) is 18.7 Å². The number of nitrogens with zero attached hydrogens (tertiary/aromatic N) is 2. The molecule has 1 aromatic carbocycles. The molecule has 0 amide bonds. The van der Waals surface area contributed by atoms with Gasteiger partial charge in [0, 0.05) is 25.4 Å². The number of hydrogen-bond acceptors (Lipinski definition) is 3. The van der Waals surface area contributed by atoms with Gasteiger partial charge in [0.05, 0.1) is 11.0 Å². The van der Waals surface area contributed by atoms with Crippen LogP contribution in [-0.4, -0.2) is 22.8 Å². The summed E-state index contributed by atoms with van der Waals surface area (Å²) in [6, 6.07) is 4.66. The van der Waals surface area contributed by atoms with Gasteiger partial charge in [0.2, 0.25) is 5.82 Å². The second-order valence-corrected chi connectivity index (χ2v) is 5.35. The SMILES string of the molecule is Nc1ccc2c(c1)nc(C(F)(F)F)n2CCC1CCOC1. The maximum atomic E-state index is 13.1. The van der Waals surface area contributed by atoms with Gasteiger partial charge in [-0.25, -0.2) is 4.98 Å². The lowest BCUT2D eigenvalue weighted by atomic mass is 10.1. The van der Waals surface area contributed by atoms with Crippen molar-refractivity contribution in [2.75, 3.05) is 18.9 Å². The van der Waals surface area contributed by atoms with E-state index in [0.29, 0.717) is 36.8 Å². The average Bonchev–Trinajstić information content (AvgIpc) is 3.01. The highest BCUT2D eigenvalue weighted by Gasteiger charge is 2.37. The molecule has 7 heteroatoms. The highest BCUT2D eigenvalue weighted by molar-refractivity contribution is 5.79. The minimum Gasteiger partial charge on any atom is -0.399 e. The first-order chi connectivity index (χ1) is 9.95. The van der Waals surface area contributed by atoms with Crippen LogP contribution in [0.2, 0.25) is 0 Å². The predicted octanol–water partition coefficient (Wildman–Crippen LogP) is 3.06. The molecule has 2 N–H and O–H groups in total. The van der Waals surface area contributed by atoms with Gasteiger partial charge in [-0.2, -0.15) is 13.2 Å². The van der Waals surface area contributed by atoms with Crippen LogP contribution in [0.4, 0.5) is 18.9 Å². The van der Waals surface area contributed by atoms with Gasteiger partial charge in [-0.15, -0.1) is 0 Å². The van der Waals surface area contributed by atoms with E-state index in [1.807, 2.05) is 0 Å². The molecule has 0 aliphatic carbocycles. The first-order valence-corrected chi connectivity index (χ1v) is 6.86. The Hall–Kier alpha value is -1.76. The fourth-order valence-electron chi connectivity index (χ4n) is 2.71. The van der Waals surface area contributed by atoms with Crippen LogP contribution in [0, 0.1) is 5.92 Å². The molecule has 0 bridgehead atoms. The lowest BCUT2D eigenvalue weighted by molar-refractivity contribution is -0.147. The van der Waals surface area contributed by atoms with E-state index < -0.39 is 12.0 Å². The molecule has 2 aromatic rings. The first kappa shape index (κ1) is 14.2. The number of aryl methyl sites for hydroxylation is 1. The Bertz CT molecular complexity index is 645. The number of rotatable bonds is 3. The highest BCUT2D eigenvalue weighted by atomic mass is 19.4. The van der Waals surface area contributed by atoms with E-state index in [1.165, 1.54) is 10.6 Å². The summed E-state index contributed by atoms with van der Waals surface area (Å²) < 4.78 is 46.0. The van der Waals surface area contributed by atoms with E-state index in [9.17, 15) is 13.2 Å². The number of halogens is 3. The zero-order valence-electron chi connectivity index (χ0n) is 11.4. The summed E-state index contributed by atoms with van der Waals surface area (Å²) >= 11 is 0. The minimum absolute atomic E-state index is 0.281. The quantitative estimate of drug-likeness (QED) is 0.886. The summed E-state index contributed by atoms with van der Waals surface area (Å²) in [6.45, 7) is 1.60. The topological polar surface area (TPSA) is 53.1 Å². The molecule has 0 saturated carbocycles. The second-order valence-electron chi connectivity index (χ2n) is 5.35. The van der Waals surface area contributed by atoms with Crippen molar-refractivity contribution in [3.05, 3.63) is 24.0 Å². The molecule has 1 aromatic heterocycles. The van der Waals surface area contributed by atoms with Crippen molar-refractivity contribution in [2.24, 2.45) is 5.92 Å². The maximum absolute atomic E-state index is 13.1. The molecule has 0 radical (unpaired) electrons. The number of imidazole rings is 1. The normalized spacial score (nSPS) is 19.5. The fourth-order valence-corrected chi connectivity index (χ4v) is 2.71. The third-order valence-corrected chi connectivity index (χ3v) is 3.81. The molecule has 1 aliphatic heterocycles. The minimum atomic E-state index is -4.47. The summed E-state index contributed by atoms with van der Waals surface area (Å²) in [5.41, 5.74) is 6.78. The van der Waals surface area contributed by atoms with E-state index in [1.54, 1.807) is 12.1 Å². The monoisotopic (exact) mass is 299 g/mol. The van der Waals surface area contributed by atoms with E-state index in [2.05, 4.69) is 4.98 Å². The number of benzene rings is 1. The van der Waals surface area contributed by atoms with Gasteiger partial charge >= 0.3 is 6.18 Å². The molecular formula is C14H16F3N3O. The molecule has 1 atom stereocenters. The van der Waals surface area contributed by atoms with Gasteiger partial charge in [-0.3, -0.25) is 0 Å². The lowest BCUT2D eigenvalue weighted by Crippen LogP contribution is -2.16. The van der Waals surface area contributed by atoms with E-state index in [-0.39, 0.29) is 12.1 Å². The molecule has 1 unspecified atom stereocenters. The summed E-state index contributed by atoms with van der Waals surface area (Å²) in [5.74, 6) is -0.542. The van der Waals surface area contributed by atoms with Gasteiger partial charge in [0.25, 0.3) is 0 Å². The standard InChI is InChI=1S/C14H16F3N3O/c15-14(16,17)13-19-11-7-10(18)1-2-12(11)20(13)5-3-9-4-6-21-8-9/h1-2,7,9H,3-6,8,18H2. The Labute approximate surface area is 119 Å². The summed E-state index contributed by atoms with van der Waals surface area (Å²) in [6.07, 6.45) is -2.92.